The van der Waals surface area contributed by atoms with E-state index in [1.54, 1.807) is 6.07 Å². The van der Waals surface area contributed by atoms with E-state index < -0.39 is 0 Å². The fourth-order valence-electron chi connectivity index (χ4n) is 2.47. The van der Waals surface area contributed by atoms with E-state index in [0.717, 1.165) is 12.0 Å². The van der Waals surface area contributed by atoms with Crippen molar-refractivity contribution in [1.82, 2.24) is 0 Å². The number of hydrogen-bond donors (Lipinski definition) is 2. The Labute approximate surface area is 114 Å². The number of phenolic OH excluding ortho intramolecular Hbond substituents is 1. The zero-order valence-corrected chi connectivity index (χ0v) is 11.6. The molecular weight excluding hydrogens is 234 g/mol. The molecule has 0 radical (unpaired) electrons. The molecule has 0 aliphatic heterocycles. The van der Waals surface area contributed by atoms with Crippen molar-refractivity contribution in [2.75, 3.05) is 6.54 Å². The fraction of sp³-hybridized carbons (Fsp3) is 0.294. The summed E-state index contributed by atoms with van der Waals surface area (Å²) in [6.45, 7) is 4.68. The first-order chi connectivity index (χ1) is 9.11. The molecule has 100 valence electrons. The highest BCUT2D eigenvalue weighted by molar-refractivity contribution is 5.41. The van der Waals surface area contributed by atoms with Crippen molar-refractivity contribution in [2.24, 2.45) is 5.73 Å². The summed E-state index contributed by atoms with van der Waals surface area (Å²) >= 11 is 0. The summed E-state index contributed by atoms with van der Waals surface area (Å²) in [6, 6.07) is 14.4. The third-order valence-electron chi connectivity index (χ3n) is 3.52. The van der Waals surface area contributed by atoms with Gasteiger partial charge in [-0.1, -0.05) is 42.0 Å². The van der Waals surface area contributed by atoms with Crippen LogP contribution in [0.25, 0.3) is 0 Å². The van der Waals surface area contributed by atoms with E-state index in [4.69, 9.17) is 5.73 Å². The van der Waals surface area contributed by atoms with Gasteiger partial charge in [0.1, 0.15) is 5.75 Å². The highest BCUT2D eigenvalue weighted by Gasteiger charge is 2.14. The largest absolute Gasteiger partial charge is 0.508 e. The molecule has 0 aromatic heterocycles. The van der Waals surface area contributed by atoms with E-state index in [1.807, 2.05) is 13.0 Å². The Bertz CT molecular complexity index is 563. The standard InChI is InChI=1S/C17H21NO/c1-12-4-3-5-14(10-12)16(8-9-18)15-6-7-17(19)13(2)11-15/h3-7,10-11,16,19H,8-9,18H2,1-2H3. The highest BCUT2D eigenvalue weighted by Crippen LogP contribution is 2.30. The molecule has 0 spiro atoms. The van der Waals surface area contributed by atoms with Gasteiger partial charge in [-0.25, -0.2) is 0 Å². The SMILES string of the molecule is Cc1cccc(C(CCN)c2ccc(O)c(C)c2)c1. The van der Waals surface area contributed by atoms with Crippen molar-refractivity contribution in [2.45, 2.75) is 26.2 Å². The third kappa shape index (κ3) is 3.15. The van der Waals surface area contributed by atoms with Crippen molar-refractivity contribution in [3.05, 3.63) is 64.7 Å². The lowest BCUT2D eigenvalue weighted by Gasteiger charge is -2.18. The van der Waals surface area contributed by atoms with Crippen LogP contribution in [0.4, 0.5) is 0 Å². The Balaban J connectivity index is 2.42. The molecule has 2 rings (SSSR count). The second-order valence-electron chi connectivity index (χ2n) is 5.09. The van der Waals surface area contributed by atoms with E-state index >= 15 is 0 Å². The Morgan fingerprint density at radius 2 is 1.79 bits per heavy atom. The molecular formula is C17H21NO. The van der Waals surface area contributed by atoms with Gasteiger partial charge in [0.25, 0.3) is 0 Å². The minimum Gasteiger partial charge on any atom is -0.508 e. The minimum atomic E-state index is 0.296. The topological polar surface area (TPSA) is 46.2 Å². The molecule has 1 atom stereocenters. The second-order valence-corrected chi connectivity index (χ2v) is 5.09. The molecule has 0 fully saturated rings. The van der Waals surface area contributed by atoms with Crippen LogP contribution in [0.15, 0.2) is 42.5 Å². The Kier molecular flexibility index (Phi) is 4.23. The number of rotatable bonds is 4. The first-order valence-corrected chi connectivity index (χ1v) is 6.68. The van der Waals surface area contributed by atoms with Crippen molar-refractivity contribution in [3.8, 4) is 5.75 Å². The molecule has 0 saturated carbocycles. The summed E-state index contributed by atoms with van der Waals surface area (Å²) < 4.78 is 0. The molecule has 19 heavy (non-hydrogen) atoms. The fourth-order valence-corrected chi connectivity index (χ4v) is 2.47. The van der Waals surface area contributed by atoms with Crippen LogP contribution in [-0.2, 0) is 0 Å². The van der Waals surface area contributed by atoms with Crippen molar-refractivity contribution in [3.63, 3.8) is 0 Å². The van der Waals surface area contributed by atoms with Crippen LogP contribution in [0, 0.1) is 13.8 Å². The molecule has 2 aromatic rings. The molecule has 0 aliphatic rings. The first-order valence-electron chi connectivity index (χ1n) is 6.68. The van der Waals surface area contributed by atoms with E-state index in [2.05, 4.69) is 37.3 Å². The van der Waals surface area contributed by atoms with Crippen LogP contribution in [-0.4, -0.2) is 11.7 Å². The van der Waals surface area contributed by atoms with Crippen molar-refractivity contribution >= 4 is 0 Å². The number of nitrogens with two attached hydrogens (primary N) is 1. The van der Waals surface area contributed by atoms with Gasteiger partial charge in [0.05, 0.1) is 0 Å². The van der Waals surface area contributed by atoms with Crippen LogP contribution in [0.3, 0.4) is 0 Å². The smallest absolute Gasteiger partial charge is 0.118 e. The van der Waals surface area contributed by atoms with E-state index in [-0.39, 0.29) is 0 Å². The first kappa shape index (κ1) is 13.6. The van der Waals surface area contributed by atoms with Gasteiger partial charge in [-0.3, -0.25) is 0 Å². The van der Waals surface area contributed by atoms with E-state index in [0.29, 0.717) is 18.2 Å². The number of aryl methyl sites for hydroxylation is 2. The third-order valence-corrected chi connectivity index (χ3v) is 3.52. The van der Waals surface area contributed by atoms with Crippen LogP contribution in [0.2, 0.25) is 0 Å². The average Bonchev–Trinajstić information content (AvgIpc) is 2.39. The van der Waals surface area contributed by atoms with Crippen LogP contribution in [0.5, 0.6) is 5.75 Å². The summed E-state index contributed by atoms with van der Waals surface area (Å²) in [5, 5.41) is 9.65. The molecule has 2 nitrogen and oxygen atoms in total. The maximum Gasteiger partial charge on any atom is 0.118 e. The van der Waals surface area contributed by atoms with Gasteiger partial charge in [-0.2, -0.15) is 0 Å². The molecule has 1 unspecified atom stereocenters. The van der Waals surface area contributed by atoms with Crippen molar-refractivity contribution in [1.29, 1.82) is 0 Å². The van der Waals surface area contributed by atoms with E-state index in [9.17, 15) is 5.11 Å². The highest BCUT2D eigenvalue weighted by atomic mass is 16.3. The minimum absolute atomic E-state index is 0.296. The van der Waals surface area contributed by atoms with Crippen LogP contribution >= 0.6 is 0 Å². The van der Waals surface area contributed by atoms with Crippen molar-refractivity contribution < 1.29 is 5.11 Å². The van der Waals surface area contributed by atoms with Gasteiger partial charge in [0.15, 0.2) is 0 Å². The van der Waals surface area contributed by atoms with Gasteiger partial charge in [0.2, 0.25) is 0 Å². The van der Waals surface area contributed by atoms with Gasteiger partial charge in [-0.15, -0.1) is 0 Å². The zero-order chi connectivity index (χ0) is 13.8. The predicted molar refractivity (Wildman–Crippen MR) is 79.5 cm³/mol. The summed E-state index contributed by atoms with van der Waals surface area (Å²) in [7, 11) is 0. The maximum absolute atomic E-state index is 9.65. The molecule has 0 aliphatic carbocycles. The summed E-state index contributed by atoms with van der Waals surface area (Å²) in [6.07, 6.45) is 0.910. The molecule has 3 N–H and O–H groups in total. The Morgan fingerprint density at radius 3 is 2.42 bits per heavy atom. The van der Waals surface area contributed by atoms with Gasteiger partial charge in [0, 0.05) is 5.92 Å². The number of hydrogen-bond acceptors (Lipinski definition) is 2. The lowest BCUT2D eigenvalue weighted by Crippen LogP contribution is -2.09. The monoisotopic (exact) mass is 255 g/mol. The summed E-state index contributed by atoms with van der Waals surface area (Å²) in [4.78, 5) is 0. The molecule has 0 saturated heterocycles. The number of benzene rings is 2. The average molecular weight is 255 g/mol. The lowest BCUT2D eigenvalue weighted by molar-refractivity contribution is 0.470. The Hall–Kier alpha value is -1.80. The summed E-state index contributed by atoms with van der Waals surface area (Å²) in [5.74, 6) is 0.642. The normalized spacial score (nSPS) is 12.4. The molecule has 0 amide bonds. The molecule has 2 aromatic carbocycles. The quantitative estimate of drug-likeness (QED) is 0.878. The van der Waals surface area contributed by atoms with Crippen LogP contribution < -0.4 is 5.73 Å². The van der Waals surface area contributed by atoms with E-state index in [1.165, 1.54) is 16.7 Å². The summed E-state index contributed by atoms with van der Waals surface area (Å²) in [5.41, 5.74) is 10.4. The molecule has 0 bridgehead atoms. The second kappa shape index (κ2) is 5.89. The molecule has 2 heteroatoms. The van der Waals surface area contributed by atoms with Gasteiger partial charge >= 0.3 is 0 Å². The Morgan fingerprint density at radius 1 is 1.05 bits per heavy atom. The number of phenols is 1. The zero-order valence-electron chi connectivity index (χ0n) is 11.6. The maximum atomic E-state index is 9.65. The molecule has 0 heterocycles. The predicted octanol–water partition coefficient (Wildman–Crippen LogP) is 3.49. The van der Waals surface area contributed by atoms with Gasteiger partial charge < -0.3 is 10.8 Å². The van der Waals surface area contributed by atoms with Crippen LogP contribution in [0.1, 0.15) is 34.6 Å². The van der Waals surface area contributed by atoms with Gasteiger partial charge in [-0.05, 0) is 49.6 Å². The number of aromatic hydroxyl groups is 1. The lowest BCUT2D eigenvalue weighted by atomic mass is 9.87.